The molecule has 1 aromatic carbocycles. The molecule has 0 bridgehead atoms. The molecule has 2 amide bonds. The minimum absolute atomic E-state index is 0.0157. The molecule has 0 saturated carbocycles. The predicted octanol–water partition coefficient (Wildman–Crippen LogP) is 1.82. The zero-order chi connectivity index (χ0) is 20.6. The normalized spacial score (nSPS) is 23.3. The van der Waals surface area contributed by atoms with E-state index in [1.807, 2.05) is 30.0 Å². The Bertz CT molecular complexity index is 828. The van der Waals surface area contributed by atoms with E-state index in [4.69, 9.17) is 9.47 Å². The zero-order valence-electron chi connectivity index (χ0n) is 17.1. The van der Waals surface area contributed by atoms with Crippen LogP contribution in [0.4, 0.5) is 0 Å². The molecule has 0 N–H and O–H groups in total. The smallest absolute Gasteiger partial charge is 0.227 e. The molecule has 7 nitrogen and oxygen atoms in total. The monoisotopic (exact) mass is 400 g/mol. The number of nitrogens with zero attached hydrogens (tertiary/aromatic N) is 2. The fourth-order valence-electron chi connectivity index (χ4n) is 4.63. The maximum Gasteiger partial charge on any atom is 0.227 e. The summed E-state index contributed by atoms with van der Waals surface area (Å²) >= 11 is 0. The minimum atomic E-state index is -0.522. The molecule has 1 aromatic rings. The second-order valence-corrected chi connectivity index (χ2v) is 8.44. The zero-order valence-corrected chi connectivity index (χ0v) is 17.1. The number of hydrogen-bond acceptors (Lipinski definition) is 5. The van der Waals surface area contributed by atoms with Gasteiger partial charge in [-0.25, -0.2) is 0 Å². The number of methoxy groups -OCH3 is 1. The van der Waals surface area contributed by atoms with Crippen molar-refractivity contribution in [3.63, 3.8) is 0 Å². The van der Waals surface area contributed by atoms with E-state index in [2.05, 4.69) is 0 Å². The molecule has 156 valence electrons. The molecule has 29 heavy (non-hydrogen) atoms. The van der Waals surface area contributed by atoms with Crippen molar-refractivity contribution in [1.82, 2.24) is 9.80 Å². The molecule has 0 aromatic heterocycles. The number of carbonyl (C=O) groups is 3. The number of carbonyl (C=O) groups excluding carboxylic acids is 3. The van der Waals surface area contributed by atoms with E-state index in [1.54, 1.807) is 12.0 Å². The number of hydrogen-bond donors (Lipinski definition) is 0. The van der Waals surface area contributed by atoms with Crippen molar-refractivity contribution in [2.24, 2.45) is 5.92 Å². The molecule has 3 heterocycles. The van der Waals surface area contributed by atoms with Crippen LogP contribution in [-0.4, -0.2) is 72.9 Å². The quantitative estimate of drug-likeness (QED) is 0.771. The lowest BCUT2D eigenvalue weighted by molar-refractivity contribution is -0.139. The Balaban J connectivity index is 1.37. The van der Waals surface area contributed by atoms with Gasteiger partial charge in [0.15, 0.2) is 5.78 Å². The fraction of sp³-hybridized carbons (Fsp3) is 0.591. The average molecular weight is 400 g/mol. The number of benzene rings is 1. The highest BCUT2D eigenvalue weighted by Gasteiger charge is 2.45. The Morgan fingerprint density at radius 2 is 2.03 bits per heavy atom. The summed E-state index contributed by atoms with van der Waals surface area (Å²) in [5, 5.41) is 0. The summed E-state index contributed by atoms with van der Waals surface area (Å²) in [6.45, 7) is 4.53. The molecular formula is C22H28N2O5. The average Bonchev–Trinajstić information content (AvgIpc) is 3.08. The van der Waals surface area contributed by atoms with Crippen molar-refractivity contribution in [2.45, 2.75) is 38.2 Å². The Kier molecular flexibility index (Phi) is 5.34. The standard InChI is InChI=1S/C22H28N2O5/c1-15-3-4-19-17(11-15)18(25)13-22(29-19)5-7-23(8-6-22)21(27)16-12-20(26)24(14-16)9-10-28-2/h3-4,11,16H,5-10,12-14H2,1-2H3. The van der Waals surface area contributed by atoms with Crippen LogP contribution in [0, 0.1) is 12.8 Å². The van der Waals surface area contributed by atoms with Gasteiger partial charge in [0.05, 0.1) is 24.5 Å². The fourth-order valence-corrected chi connectivity index (χ4v) is 4.63. The Morgan fingerprint density at radius 1 is 1.28 bits per heavy atom. The third kappa shape index (κ3) is 3.88. The van der Waals surface area contributed by atoms with Crippen molar-refractivity contribution in [3.05, 3.63) is 29.3 Å². The summed E-state index contributed by atoms with van der Waals surface area (Å²) in [4.78, 5) is 41.3. The van der Waals surface area contributed by atoms with Crippen LogP contribution in [0.5, 0.6) is 5.75 Å². The SMILES string of the molecule is COCCN1CC(C(=O)N2CCC3(CC2)CC(=O)c2cc(C)ccc2O3)CC1=O. The van der Waals surface area contributed by atoms with Crippen LogP contribution in [0.3, 0.4) is 0 Å². The van der Waals surface area contributed by atoms with E-state index in [9.17, 15) is 14.4 Å². The van der Waals surface area contributed by atoms with Crippen molar-refractivity contribution < 1.29 is 23.9 Å². The number of amides is 2. The Morgan fingerprint density at radius 3 is 2.76 bits per heavy atom. The third-order valence-corrected chi connectivity index (χ3v) is 6.36. The van der Waals surface area contributed by atoms with Gasteiger partial charge in [-0.2, -0.15) is 0 Å². The highest BCUT2D eigenvalue weighted by molar-refractivity contribution is 6.00. The van der Waals surface area contributed by atoms with Gasteiger partial charge in [-0.3, -0.25) is 14.4 Å². The molecule has 0 radical (unpaired) electrons. The van der Waals surface area contributed by atoms with Crippen LogP contribution in [0.2, 0.25) is 0 Å². The largest absolute Gasteiger partial charge is 0.486 e. The predicted molar refractivity (Wildman–Crippen MR) is 106 cm³/mol. The molecule has 2 saturated heterocycles. The number of rotatable bonds is 4. The number of likely N-dealkylation sites (tertiary alicyclic amines) is 2. The molecule has 3 aliphatic rings. The lowest BCUT2D eigenvalue weighted by Gasteiger charge is -2.44. The Hall–Kier alpha value is -2.41. The number of aryl methyl sites for hydroxylation is 1. The second-order valence-electron chi connectivity index (χ2n) is 8.44. The first kappa shape index (κ1) is 19.9. The maximum atomic E-state index is 12.9. The van der Waals surface area contributed by atoms with Crippen molar-refractivity contribution in [3.8, 4) is 5.75 Å². The van der Waals surface area contributed by atoms with Crippen molar-refractivity contribution >= 4 is 17.6 Å². The van der Waals surface area contributed by atoms with Gasteiger partial charge in [0, 0.05) is 52.6 Å². The topological polar surface area (TPSA) is 76.2 Å². The van der Waals surface area contributed by atoms with Gasteiger partial charge >= 0.3 is 0 Å². The first-order chi connectivity index (χ1) is 13.9. The molecule has 1 spiro atoms. The van der Waals surface area contributed by atoms with Gasteiger partial charge in [-0.05, 0) is 19.1 Å². The van der Waals surface area contributed by atoms with E-state index < -0.39 is 5.60 Å². The van der Waals surface area contributed by atoms with Crippen LogP contribution in [0.15, 0.2) is 18.2 Å². The summed E-state index contributed by atoms with van der Waals surface area (Å²) in [6.07, 6.45) is 1.89. The summed E-state index contributed by atoms with van der Waals surface area (Å²) in [5.74, 6) is 0.533. The molecule has 0 aliphatic carbocycles. The second kappa shape index (κ2) is 7.78. The molecule has 2 fully saturated rings. The van der Waals surface area contributed by atoms with Gasteiger partial charge in [0.25, 0.3) is 0 Å². The number of piperidine rings is 1. The number of Topliss-reactive ketones (excluding diaryl/α,β-unsaturated/α-hetero) is 1. The molecule has 7 heteroatoms. The van der Waals surface area contributed by atoms with Gasteiger partial charge in [0.1, 0.15) is 11.4 Å². The molecule has 1 unspecified atom stereocenters. The van der Waals surface area contributed by atoms with Crippen LogP contribution in [-0.2, 0) is 14.3 Å². The van der Waals surface area contributed by atoms with Gasteiger partial charge in [0.2, 0.25) is 11.8 Å². The summed E-state index contributed by atoms with van der Waals surface area (Å²) in [7, 11) is 1.60. The van der Waals surface area contributed by atoms with Gasteiger partial charge in [-0.1, -0.05) is 11.6 Å². The van der Waals surface area contributed by atoms with E-state index in [1.165, 1.54) is 0 Å². The van der Waals surface area contributed by atoms with Crippen LogP contribution in [0.25, 0.3) is 0 Å². The van der Waals surface area contributed by atoms with Crippen LogP contribution < -0.4 is 4.74 Å². The Labute approximate surface area is 170 Å². The third-order valence-electron chi connectivity index (χ3n) is 6.36. The summed E-state index contributed by atoms with van der Waals surface area (Å²) in [5.41, 5.74) is 1.18. The summed E-state index contributed by atoms with van der Waals surface area (Å²) < 4.78 is 11.3. The van der Waals surface area contributed by atoms with Crippen LogP contribution in [0.1, 0.15) is 41.6 Å². The summed E-state index contributed by atoms with van der Waals surface area (Å²) in [6, 6.07) is 5.71. The van der Waals surface area contributed by atoms with Crippen molar-refractivity contribution in [2.75, 3.05) is 39.9 Å². The number of fused-ring (bicyclic) bond motifs is 1. The molecule has 4 rings (SSSR count). The highest BCUT2D eigenvalue weighted by atomic mass is 16.5. The first-order valence-corrected chi connectivity index (χ1v) is 10.3. The van der Waals surface area contributed by atoms with E-state index in [-0.39, 0.29) is 29.9 Å². The number of ether oxygens (including phenoxy) is 2. The van der Waals surface area contributed by atoms with Gasteiger partial charge in [-0.15, -0.1) is 0 Å². The molecular weight excluding hydrogens is 372 g/mol. The van der Waals surface area contributed by atoms with Crippen LogP contribution >= 0.6 is 0 Å². The molecule has 3 aliphatic heterocycles. The maximum absolute atomic E-state index is 12.9. The molecule has 1 atom stereocenters. The van der Waals surface area contributed by atoms with E-state index >= 15 is 0 Å². The van der Waals surface area contributed by atoms with Gasteiger partial charge < -0.3 is 19.3 Å². The lowest BCUT2D eigenvalue weighted by atomic mass is 9.82. The van der Waals surface area contributed by atoms with E-state index in [0.717, 1.165) is 5.56 Å². The van der Waals surface area contributed by atoms with Crippen molar-refractivity contribution in [1.29, 1.82) is 0 Å². The number of ketones is 1. The lowest BCUT2D eigenvalue weighted by Crippen LogP contribution is -2.53. The first-order valence-electron chi connectivity index (χ1n) is 10.3. The minimum Gasteiger partial charge on any atom is -0.486 e. The van der Waals surface area contributed by atoms with E-state index in [0.29, 0.717) is 63.4 Å². The highest BCUT2D eigenvalue weighted by Crippen LogP contribution is 2.40.